The molecular weight excluding hydrogens is 206 g/mol. The number of carbonyl (C=O) groups excluding carboxylic acids is 1. The third-order valence-electron chi connectivity index (χ3n) is 2.65. The number of hydrogen-bond donors (Lipinski definition) is 1. The van der Waals surface area contributed by atoms with Crippen molar-refractivity contribution in [1.29, 1.82) is 0 Å². The maximum absolute atomic E-state index is 11.6. The first kappa shape index (κ1) is 10.6. The van der Waals surface area contributed by atoms with Gasteiger partial charge < -0.3 is 4.90 Å². The molecule has 1 aliphatic heterocycles. The Labute approximate surface area is 95.7 Å². The predicted molar refractivity (Wildman–Crippen MR) is 64.0 cm³/mol. The van der Waals surface area contributed by atoms with Crippen LogP contribution in [0.25, 0.3) is 0 Å². The van der Waals surface area contributed by atoms with Crippen LogP contribution < -0.4 is 0 Å². The number of aryl methyl sites for hydroxylation is 1. The van der Waals surface area contributed by atoms with Crippen LogP contribution in [0.3, 0.4) is 0 Å². The molecule has 1 fully saturated rings. The maximum atomic E-state index is 11.6. The molecule has 0 radical (unpaired) electrons. The summed E-state index contributed by atoms with van der Waals surface area (Å²) in [5, 5.41) is 0.210. The van der Waals surface area contributed by atoms with E-state index in [9.17, 15) is 4.79 Å². The van der Waals surface area contributed by atoms with Crippen molar-refractivity contribution in [3.63, 3.8) is 0 Å². The molecule has 1 heterocycles. The lowest BCUT2D eigenvalue weighted by atomic mass is 10.1. The topological polar surface area (TPSA) is 20.3 Å². The molecule has 3 heteroatoms. The fourth-order valence-electron chi connectivity index (χ4n) is 1.94. The lowest BCUT2D eigenvalue weighted by Crippen LogP contribution is -2.24. The maximum Gasteiger partial charge on any atom is 0.224 e. The monoisotopic (exact) mass is 221 g/mol. The van der Waals surface area contributed by atoms with E-state index < -0.39 is 0 Å². The van der Waals surface area contributed by atoms with Crippen LogP contribution >= 0.6 is 12.6 Å². The molecule has 80 valence electrons. The molecule has 0 aliphatic carbocycles. The lowest BCUT2D eigenvalue weighted by Gasteiger charge is -2.16. The lowest BCUT2D eigenvalue weighted by molar-refractivity contribution is -0.128. The van der Waals surface area contributed by atoms with Gasteiger partial charge in [0.2, 0.25) is 5.91 Å². The minimum absolute atomic E-state index is 0.210. The van der Waals surface area contributed by atoms with Crippen molar-refractivity contribution >= 4 is 18.5 Å². The molecule has 0 aromatic heterocycles. The summed E-state index contributed by atoms with van der Waals surface area (Å²) in [5.74, 6) is 0.219. The van der Waals surface area contributed by atoms with E-state index in [1.807, 2.05) is 11.0 Å². The van der Waals surface area contributed by atoms with Gasteiger partial charge in [-0.3, -0.25) is 4.79 Å². The third kappa shape index (κ3) is 2.53. The Morgan fingerprint density at radius 1 is 1.53 bits per heavy atom. The van der Waals surface area contributed by atoms with Crippen molar-refractivity contribution in [2.45, 2.75) is 25.1 Å². The standard InChI is InChI=1S/C12H15NOS/c1-9-3-2-4-10(5-9)7-13-8-11(15)6-12(13)14/h2-5,11,15H,6-8H2,1H3. The highest BCUT2D eigenvalue weighted by Crippen LogP contribution is 2.18. The summed E-state index contributed by atoms with van der Waals surface area (Å²) in [7, 11) is 0. The molecule has 1 atom stereocenters. The van der Waals surface area contributed by atoms with E-state index in [0.717, 1.165) is 13.1 Å². The molecule has 0 spiro atoms. The van der Waals surface area contributed by atoms with Gasteiger partial charge >= 0.3 is 0 Å². The van der Waals surface area contributed by atoms with Crippen LogP contribution in [0.4, 0.5) is 0 Å². The first-order valence-corrected chi connectivity index (χ1v) is 5.68. The average Bonchev–Trinajstić information content (AvgIpc) is 2.45. The first-order valence-electron chi connectivity index (χ1n) is 5.16. The number of benzene rings is 1. The van der Waals surface area contributed by atoms with E-state index in [4.69, 9.17) is 0 Å². The minimum atomic E-state index is 0.210. The zero-order chi connectivity index (χ0) is 10.8. The van der Waals surface area contributed by atoms with Crippen LogP contribution in [0.15, 0.2) is 24.3 Å². The van der Waals surface area contributed by atoms with Gasteiger partial charge in [-0.15, -0.1) is 0 Å². The van der Waals surface area contributed by atoms with Crippen LogP contribution in [0.5, 0.6) is 0 Å². The summed E-state index contributed by atoms with van der Waals surface area (Å²) < 4.78 is 0. The molecular formula is C12H15NOS. The predicted octanol–water partition coefficient (Wildman–Crippen LogP) is 2.03. The van der Waals surface area contributed by atoms with Crippen molar-refractivity contribution in [2.24, 2.45) is 0 Å². The Hall–Kier alpha value is -0.960. The van der Waals surface area contributed by atoms with E-state index in [2.05, 4.69) is 37.8 Å². The molecule has 1 aromatic rings. The van der Waals surface area contributed by atoms with Crippen molar-refractivity contribution < 1.29 is 4.79 Å². The fraction of sp³-hybridized carbons (Fsp3) is 0.417. The van der Waals surface area contributed by atoms with Gasteiger partial charge in [0, 0.05) is 24.8 Å². The molecule has 0 bridgehead atoms. The zero-order valence-electron chi connectivity index (χ0n) is 8.81. The number of amides is 1. The number of rotatable bonds is 2. The zero-order valence-corrected chi connectivity index (χ0v) is 9.71. The highest BCUT2D eigenvalue weighted by Gasteiger charge is 2.26. The van der Waals surface area contributed by atoms with Gasteiger partial charge in [0.25, 0.3) is 0 Å². The molecule has 1 saturated heterocycles. The van der Waals surface area contributed by atoms with Gasteiger partial charge in [0.15, 0.2) is 0 Å². The Bertz CT molecular complexity index is 378. The normalized spacial score (nSPS) is 21.1. The summed E-state index contributed by atoms with van der Waals surface area (Å²) in [6, 6.07) is 8.28. The Balaban J connectivity index is 2.06. The van der Waals surface area contributed by atoms with Crippen molar-refractivity contribution in [3.05, 3.63) is 35.4 Å². The van der Waals surface area contributed by atoms with Crippen LogP contribution in [0.2, 0.25) is 0 Å². The quantitative estimate of drug-likeness (QED) is 0.758. The van der Waals surface area contributed by atoms with Crippen LogP contribution in [0, 0.1) is 6.92 Å². The molecule has 15 heavy (non-hydrogen) atoms. The van der Waals surface area contributed by atoms with E-state index in [1.165, 1.54) is 11.1 Å². The van der Waals surface area contributed by atoms with Gasteiger partial charge in [-0.05, 0) is 12.5 Å². The average molecular weight is 221 g/mol. The van der Waals surface area contributed by atoms with Crippen LogP contribution in [-0.4, -0.2) is 22.6 Å². The highest BCUT2D eigenvalue weighted by atomic mass is 32.1. The molecule has 1 amide bonds. The largest absolute Gasteiger partial charge is 0.337 e. The van der Waals surface area contributed by atoms with Crippen LogP contribution in [0.1, 0.15) is 17.5 Å². The molecule has 2 nitrogen and oxygen atoms in total. The summed E-state index contributed by atoms with van der Waals surface area (Å²) in [6.07, 6.45) is 0.578. The number of thiol groups is 1. The second kappa shape index (κ2) is 4.27. The van der Waals surface area contributed by atoms with Gasteiger partial charge in [0.1, 0.15) is 0 Å². The van der Waals surface area contributed by atoms with Gasteiger partial charge in [-0.1, -0.05) is 29.8 Å². The van der Waals surface area contributed by atoms with Crippen molar-refractivity contribution in [3.8, 4) is 0 Å². The number of likely N-dealkylation sites (tertiary alicyclic amines) is 1. The Kier molecular flexibility index (Phi) is 3.00. The fourth-order valence-corrected chi connectivity index (χ4v) is 2.29. The highest BCUT2D eigenvalue weighted by molar-refractivity contribution is 7.81. The van der Waals surface area contributed by atoms with Crippen molar-refractivity contribution in [2.75, 3.05) is 6.54 Å². The number of nitrogens with zero attached hydrogens (tertiary/aromatic N) is 1. The minimum Gasteiger partial charge on any atom is -0.337 e. The molecule has 1 aliphatic rings. The van der Waals surface area contributed by atoms with Gasteiger partial charge in [-0.2, -0.15) is 12.6 Å². The van der Waals surface area contributed by atoms with Crippen molar-refractivity contribution in [1.82, 2.24) is 4.90 Å². The third-order valence-corrected chi connectivity index (χ3v) is 3.00. The Morgan fingerprint density at radius 2 is 2.33 bits per heavy atom. The van der Waals surface area contributed by atoms with E-state index >= 15 is 0 Å². The van der Waals surface area contributed by atoms with Crippen LogP contribution in [-0.2, 0) is 11.3 Å². The summed E-state index contributed by atoms with van der Waals surface area (Å²) in [6.45, 7) is 3.56. The molecule has 0 saturated carbocycles. The van der Waals surface area contributed by atoms with E-state index in [0.29, 0.717) is 6.42 Å². The molecule has 2 rings (SSSR count). The first-order chi connectivity index (χ1) is 7.15. The molecule has 0 N–H and O–H groups in total. The van der Waals surface area contributed by atoms with E-state index in [-0.39, 0.29) is 11.2 Å². The second-order valence-corrected chi connectivity index (χ2v) is 4.85. The van der Waals surface area contributed by atoms with Gasteiger partial charge in [0.05, 0.1) is 0 Å². The second-order valence-electron chi connectivity index (χ2n) is 4.12. The SMILES string of the molecule is Cc1cccc(CN2CC(S)CC2=O)c1. The number of carbonyl (C=O) groups is 1. The smallest absolute Gasteiger partial charge is 0.224 e. The summed E-state index contributed by atoms with van der Waals surface area (Å²) in [4.78, 5) is 13.4. The van der Waals surface area contributed by atoms with E-state index in [1.54, 1.807) is 0 Å². The summed E-state index contributed by atoms with van der Waals surface area (Å²) >= 11 is 4.34. The molecule has 1 aromatic carbocycles. The Morgan fingerprint density at radius 3 is 2.93 bits per heavy atom. The summed E-state index contributed by atoms with van der Waals surface area (Å²) in [5.41, 5.74) is 2.44. The van der Waals surface area contributed by atoms with Gasteiger partial charge in [-0.25, -0.2) is 0 Å². The number of hydrogen-bond acceptors (Lipinski definition) is 2. The molecule has 1 unspecified atom stereocenters.